The number of benzene rings is 7. The lowest BCUT2D eigenvalue weighted by molar-refractivity contribution is 1.12. The van der Waals surface area contributed by atoms with Gasteiger partial charge in [0.15, 0.2) is 0 Å². The summed E-state index contributed by atoms with van der Waals surface area (Å²) < 4.78 is 0. The minimum absolute atomic E-state index is 1.06. The van der Waals surface area contributed by atoms with E-state index >= 15 is 0 Å². The first-order chi connectivity index (χ1) is 22.3. The predicted octanol–water partition coefficient (Wildman–Crippen LogP) is 11.2. The molecule has 0 radical (unpaired) electrons. The number of rotatable bonds is 4. The van der Waals surface area contributed by atoms with Crippen molar-refractivity contribution in [2.75, 3.05) is 0 Å². The monoisotopic (exact) mass is 590 g/mol. The largest absolute Gasteiger partial charge is 0.135 e. The van der Waals surface area contributed by atoms with Crippen LogP contribution < -0.4 is 10.4 Å². The van der Waals surface area contributed by atoms with Gasteiger partial charge in [-0.3, -0.25) is 0 Å². The van der Waals surface area contributed by atoms with E-state index in [0.717, 1.165) is 12.8 Å². The normalized spacial score (nSPS) is 12.6. The fourth-order valence-corrected chi connectivity index (χ4v) is 8.13. The first-order valence-electron chi connectivity index (χ1n) is 15.7. The predicted molar refractivity (Wildman–Crippen MR) is 196 cm³/mol. The summed E-state index contributed by atoms with van der Waals surface area (Å²) in [5, 5.41) is 10.4. The molecule has 0 aliphatic heterocycles. The van der Waals surface area contributed by atoms with E-state index in [0.29, 0.717) is 0 Å². The van der Waals surface area contributed by atoms with Gasteiger partial charge in [-0.15, -0.1) is 11.3 Å². The van der Waals surface area contributed by atoms with Crippen molar-refractivity contribution in [1.82, 2.24) is 0 Å². The molecule has 0 saturated heterocycles. The molecule has 1 aliphatic carbocycles. The van der Waals surface area contributed by atoms with E-state index in [-0.39, 0.29) is 0 Å². The van der Waals surface area contributed by atoms with E-state index in [9.17, 15) is 0 Å². The zero-order valence-electron chi connectivity index (χ0n) is 24.8. The summed E-state index contributed by atoms with van der Waals surface area (Å²) in [5.41, 5.74) is 7.77. The fraction of sp³-hybridized carbons (Fsp3) is 0.0455. The van der Waals surface area contributed by atoms with Gasteiger partial charge in [0.25, 0.3) is 0 Å². The molecule has 7 aromatic carbocycles. The van der Waals surface area contributed by atoms with Crippen molar-refractivity contribution in [3.63, 3.8) is 0 Å². The van der Waals surface area contributed by atoms with Crippen LogP contribution in [0, 0.1) is 0 Å². The molecule has 0 saturated carbocycles. The lowest BCUT2D eigenvalue weighted by atomic mass is 9.85. The average molecular weight is 591 g/mol. The maximum atomic E-state index is 2.48. The van der Waals surface area contributed by atoms with Gasteiger partial charge in [0, 0.05) is 9.75 Å². The summed E-state index contributed by atoms with van der Waals surface area (Å²) in [4.78, 5) is 2.59. The Morgan fingerprint density at radius 3 is 1.49 bits per heavy atom. The van der Waals surface area contributed by atoms with Crippen LogP contribution in [0.25, 0.3) is 87.6 Å². The lowest BCUT2D eigenvalue weighted by Crippen LogP contribution is -2.31. The van der Waals surface area contributed by atoms with Crippen LogP contribution in [-0.4, -0.2) is 0 Å². The second kappa shape index (κ2) is 10.7. The van der Waals surface area contributed by atoms with Crippen LogP contribution in [0.15, 0.2) is 146 Å². The molecule has 1 heteroatoms. The maximum Gasteiger partial charge on any atom is 0.0349 e. The molecule has 0 atom stereocenters. The molecule has 0 spiro atoms. The van der Waals surface area contributed by atoms with Crippen LogP contribution in [0.4, 0.5) is 0 Å². The van der Waals surface area contributed by atoms with E-state index in [4.69, 9.17) is 0 Å². The van der Waals surface area contributed by atoms with Gasteiger partial charge in [-0.2, -0.15) is 0 Å². The summed E-state index contributed by atoms with van der Waals surface area (Å²) in [7, 11) is 0. The molecule has 8 aromatic rings. The van der Waals surface area contributed by atoms with Crippen molar-refractivity contribution in [2.45, 2.75) is 12.8 Å². The SMILES string of the molecule is C1=c2c(-c3ccc4ccccc4c3)c3ccc(-c4ccc(-c5ccccc5)s4)cc3c(-c3ccc4ccccc4c3)c2=CCC1. The number of fused-ring (bicyclic) bond motifs is 4. The third-order valence-corrected chi connectivity index (χ3v) is 10.5. The highest BCUT2D eigenvalue weighted by atomic mass is 32.1. The Hall–Kier alpha value is -5.24. The zero-order valence-corrected chi connectivity index (χ0v) is 25.7. The Labute approximate surface area is 266 Å². The molecule has 1 aliphatic rings. The third-order valence-electron chi connectivity index (χ3n) is 9.28. The van der Waals surface area contributed by atoms with Crippen LogP contribution in [-0.2, 0) is 0 Å². The standard InChI is InChI=1S/C44H30S/c1-2-12-31(13-3-1)41-24-25-42(45-41)34-22-23-39-40(28-34)44(36-21-19-30-11-5-7-15-33(30)27-36)38-17-9-8-16-37(38)43(39)35-20-18-29-10-4-6-14-32(29)26-35/h1-7,10-28H,8-9H2. The smallest absolute Gasteiger partial charge is 0.0349 e. The van der Waals surface area contributed by atoms with Crippen LogP contribution in [0.1, 0.15) is 12.8 Å². The van der Waals surface area contributed by atoms with Gasteiger partial charge < -0.3 is 0 Å². The molecule has 9 rings (SSSR count). The van der Waals surface area contributed by atoms with Crippen LogP contribution in [0.2, 0.25) is 0 Å². The molecule has 1 aromatic heterocycles. The third kappa shape index (κ3) is 4.51. The summed E-state index contributed by atoms with van der Waals surface area (Å²) in [6.45, 7) is 0. The van der Waals surface area contributed by atoms with E-state index < -0.39 is 0 Å². The van der Waals surface area contributed by atoms with Crippen molar-refractivity contribution in [3.8, 4) is 43.1 Å². The fourth-order valence-electron chi connectivity index (χ4n) is 7.12. The minimum Gasteiger partial charge on any atom is -0.135 e. The van der Waals surface area contributed by atoms with Gasteiger partial charge in [0.05, 0.1) is 0 Å². The Balaban J connectivity index is 1.35. The molecular weight excluding hydrogens is 561 g/mol. The van der Waals surface area contributed by atoms with E-state index in [1.165, 1.54) is 85.9 Å². The second-order valence-corrected chi connectivity index (χ2v) is 13.1. The molecule has 1 heterocycles. The Morgan fingerprint density at radius 2 is 0.867 bits per heavy atom. The second-order valence-electron chi connectivity index (χ2n) is 12.0. The van der Waals surface area contributed by atoms with E-state index in [1.54, 1.807) is 0 Å². The number of hydrogen-bond donors (Lipinski definition) is 0. The topological polar surface area (TPSA) is 0 Å². The first kappa shape index (κ1) is 26.2. The average Bonchev–Trinajstić information content (AvgIpc) is 3.61. The van der Waals surface area contributed by atoms with Crippen molar-refractivity contribution in [3.05, 3.63) is 156 Å². The number of thiophene rings is 1. The van der Waals surface area contributed by atoms with E-state index in [1.807, 2.05) is 11.3 Å². The van der Waals surface area contributed by atoms with Gasteiger partial charge in [0.2, 0.25) is 0 Å². The van der Waals surface area contributed by atoms with Gasteiger partial charge in [0.1, 0.15) is 0 Å². The quantitative estimate of drug-likeness (QED) is 0.191. The molecule has 45 heavy (non-hydrogen) atoms. The lowest BCUT2D eigenvalue weighted by Gasteiger charge is -2.19. The molecule has 0 fully saturated rings. The van der Waals surface area contributed by atoms with Crippen molar-refractivity contribution >= 4 is 55.8 Å². The summed E-state index contributed by atoms with van der Waals surface area (Å²) in [6, 6.07) is 53.8. The van der Waals surface area contributed by atoms with Crippen LogP contribution in [0.3, 0.4) is 0 Å². The van der Waals surface area contributed by atoms with Crippen LogP contribution in [0.5, 0.6) is 0 Å². The molecule has 0 amide bonds. The van der Waals surface area contributed by atoms with Gasteiger partial charge >= 0.3 is 0 Å². The highest BCUT2D eigenvalue weighted by molar-refractivity contribution is 7.18. The maximum absolute atomic E-state index is 2.48. The van der Waals surface area contributed by atoms with Crippen LogP contribution >= 0.6 is 11.3 Å². The van der Waals surface area contributed by atoms with Gasteiger partial charge in [-0.1, -0.05) is 127 Å². The highest BCUT2D eigenvalue weighted by Crippen LogP contribution is 2.39. The zero-order chi connectivity index (χ0) is 29.7. The summed E-state index contributed by atoms with van der Waals surface area (Å²) in [6.07, 6.45) is 7.07. The Morgan fingerprint density at radius 1 is 0.356 bits per heavy atom. The van der Waals surface area contributed by atoms with Crippen molar-refractivity contribution in [2.24, 2.45) is 0 Å². The van der Waals surface area contributed by atoms with Gasteiger partial charge in [-0.25, -0.2) is 0 Å². The molecule has 0 N–H and O–H groups in total. The molecular formula is C44H30S. The molecule has 0 unspecified atom stereocenters. The summed E-state index contributed by atoms with van der Waals surface area (Å²) in [5.74, 6) is 0. The molecule has 0 bridgehead atoms. The molecule has 0 nitrogen and oxygen atoms in total. The van der Waals surface area contributed by atoms with E-state index in [2.05, 4.69) is 158 Å². The first-order valence-corrected chi connectivity index (χ1v) is 16.6. The number of hydrogen-bond acceptors (Lipinski definition) is 1. The highest BCUT2D eigenvalue weighted by Gasteiger charge is 2.18. The van der Waals surface area contributed by atoms with Crippen molar-refractivity contribution < 1.29 is 0 Å². The van der Waals surface area contributed by atoms with Crippen molar-refractivity contribution in [1.29, 1.82) is 0 Å². The minimum atomic E-state index is 1.06. The molecule has 212 valence electrons. The Bertz CT molecular complexity index is 2530. The van der Waals surface area contributed by atoms with Gasteiger partial charge in [-0.05, 0) is 119 Å². The Kier molecular flexibility index (Phi) is 6.25. The summed E-state index contributed by atoms with van der Waals surface area (Å²) >= 11 is 1.87.